The van der Waals surface area contributed by atoms with Crippen LogP contribution in [0.25, 0.3) is 0 Å². The molecule has 0 spiro atoms. The molecule has 0 radical (unpaired) electrons. The van der Waals surface area contributed by atoms with Gasteiger partial charge in [-0.05, 0) is 49.3 Å². The number of aliphatic imine (C=N–C) groups is 1. The fourth-order valence-corrected chi connectivity index (χ4v) is 3.64. The minimum Gasteiger partial charge on any atom is -0.381 e. The molecular weight excluding hydrogens is 406 g/mol. The van der Waals surface area contributed by atoms with Crippen molar-refractivity contribution in [2.45, 2.75) is 45.1 Å². The Morgan fingerprint density at radius 3 is 2.85 bits per heavy atom. The fourth-order valence-electron chi connectivity index (χ4n) is 3.19. The maximum atomic E-state index is 5.91. The molecule has 0 aliphatic carbocycles. The van der Waals surface area contributed by atoms with E-state index in [1.807, 2.05) is 7.05 Å². The van der Waals surface area contributed by atoms with Gasteiger partial charge in [-0.3, -0.25) is 4.99 Å². The first-order chi connectivity index (χ1) is 13.2. The van der Waals surface area contributed by atoms with Gasteiger partial charge in [0.1, 0.15) is 0 Å². The number of ether oxygens (including phenoxy) is 2. The van der Waals surface area contributed by atoms with Crippen LogP contribution in [0.15, 0.2) is 33.7 Å². The van der Waals surface area contributed by atoms with E-state index in [0.29, 0.717) is 12.0 Å². The van der Waals surface area contributed by atoms with E-state index in [4.69, 9.17) is 9.47 Å². The van der Waals surface area contributed by atoms with Crippen LogP contribution in [-0.4, -0.2) is 52.0 Å². The van der Waals surface area contributed by atoms with Crippen LogP contribution >= 0.6 is 15.9 Å². The molecular formula is C21H34BrN3O2. The van der Waals surface area contributed by atoms with Gasteiger partial charge in [-0.25, -0.2) is 0 Å². The summed E-state index contributed by atoms with van der Waals surface area (Å²) in [5.74, 6) is 1.45. The molecule has 0 saturated carbocycles. The predicted octanol–water partition coefficient (Wildman–Crippen LogP) is 3.77. The molecule has 2 rings (SSSR count). The summed E-state index contributed by atoms with van der Waals surface area (Å²) < 4.78 is 12.4. The molecule has 1 heterocycles. The average molecular weight is 440 g/mol. The Balaban J connectivity index is 1.61. The molecule has 1 aromatic rings. The molecule has 1 aromatic carbocycles. The molecule has 5 nitrogen and oxygen atoms in total. The zero-order chi connectivity index (χ0) is 19.3. The lowest BCUT2D eigenvalue weighted by Gasteiger charge is -2.22. The van der Waals surface area contributed by atoms with Gasteiger partial charge >= 0.3 is 0 Å². The molecule has 0 bridgehead atoms. The summed E-state index contributed by atoms with van der Waals surface area (Å²) in [7, 11) is 1.82. The summed E-state index contributed by atoms with van der Waals surface area (Å²) in [6.45, 7) is 6.48. The van der Waals surface area contributed by atoms with Crippen LogP contribution in [0.2, 0.25) is 0 Å². The topological polar surface area (TPSA) is 54.9 Å². The normalized spacial score (nSPS) is 16.9. The zero-order valence-electron chi connectivity index (χ0n) is 16.7. The van der Waals surface area contributed by atoms with E-state index in [2.05, 4.69) is 62.7 Å². The number of nitrogens with one attached hydrogen (secondary N) is 2. The van der Waals surface area contributed by atoms with E-state index >= 15 is 0 Å². The van der Waals surface area contributed by atoms with Gasteiger partial charge in [0.05, 0.1) is 6.10 Å². The fraction of sp³-hybridized carbons (Fsp3) is 0.667. The smallest absolute Gasteiger partial charge is 0.190 e. The molecule has 1 unspecified atom stereocenters. The van der Waals surface area contributed by atoms with Gasteiger partial charge in [0.15, 0.2) is 5.96 Å². The lowest BCUT2D eigenvalue weighted by molar-refractivity contribution is -0.0320. The van der Waals surface area contributed by atoms with E-state index in [1.165, 1.54) is 5.56 Å². The largest absolute Gasteiger partial charge is 0.381 e. The second-order valence-electron chi connectivity index (χ2n) is 7.02. The molecule has 1 atom stereocenters. The van der Waals surface area contributed by atoms with Crippen molar-refractivity contribution in [3.63, 3.8) is 0 Å². The summed E-state index contributed by atoms with van der Waals surface area (Å²) in [5.41, 5.74) is 1.37. The minimum absolute atomic E-state index is 0.375. The maximum absolute atomic E-state index is 5.91. The summed E-state index contributed by atoms with van der Waals surface area (Å²) in [4.78, 5) is 4.33. The van der Waals surface area contributed by atoms with E-state index in [0.717, 1.165) is 75.4 Å². The standard InChI is InChI=1S/C21H34BrN3O2/c1-3-17(14-18-6-4-7-19(22)15-18)16-25-21(23-2)24-10-5-11-27-20-8-12-26-13-9-20/h4,6-7,15,17,20H,3,5,8-14,16H2,1-2H3,(H2,23,24,25). The van der Waals surface area contributed by atoms with Crippen molar-refractivity contribution >= 4 is 21.9 Å². The van der Waals surface area contributed by atoms with Crippen molar-refractivity contribution in [2.24, 2.45) is 10.9 Å². The number of rotatable bonds is 10. The van der Waals surface area contributed by atoms with Crippen molar-refractivity contribution in [1.82, 2.24) is 10.6 Å². The van der Waals surface area contributed by atoms with E-state index in [9.17, 15) is 0 Å². The second-order valence-corrected chi connectivity index (χ2v) is 7.94. The van der Waals surface area contributed by atoms with Crippen LogP contribution < -0.4 is 10.6 Å². The van der Waals surface area contributed by atoms with Crippen LogP contribution in [0.4, 0.5) is 0 Å². The minimum atomic E-state index is 0.375. The van der Waals surface area contributed by atoms with Crippen molar-refractivity contribution in [2.75, 3.05) is 40.0 Å². The summed E-state index contributed by atoms with van der Waals surface area (Å²) >= 11 is 3.55. The number of nitrogens with zero attached hydrogens (tertiary/aromatic N) is 1. The average Bonchev–Trinajstić information content (AvgIpc) is 2.69. The van der Waals surface area contributed by atoms with Crippen molar-refractivity contribution in [3.05, 3.63) is 34.3 Å². The molecule has 1 aliphatic heterocycles. The lowest BCUT2D eigenvalue weighted by Crippen LogP contribution is -2.40. The highest BCUT2D eigenvalue weighted by Gasteiger charge is 2.13. The molecule has 1 aliphatic rings. The highest BCUT2D eigenvalue weighted by molar-refractivity contribution is 9.10. The van der Waals surface area contributed by atoms with Gasteiger partial charge < -0.3 is 20.1 Å². The third-order valence-corrected chi connectivity index (χ3v) is 5.40. The van der Waals surface area contributed by atoms with Crippen LogP contribution in [0.3, 0.4) is 0 Å². The Morgan fingerprint density at radius 2 is 2.15 bits per heavy atom. The van der Waals surface area contributed by atoms with Gasteiger partial charge in [-0.15, -0.1) is 0 Å². The lowest BCUT2D eigenvalue weighted by atomic mass is 9.97. The summed E-state index contributed by atoms with van der Waals surface area (Å²) in [6.07, 6.45) is 5.60. The number of hydrogen-bond donors (Lipinski definition) is 2. The van der Waals surface area contributed by atoms with E-state index < -0.39 is 0 Å². The number of hydrogen-bond acceptors (Lipinski definition) is 3. The molecule has 1 fully saturated rings. The predicted molar refractivity (Wildman–Crippen MR) is 115 cm³/mol. The molecule has 1 saturated heterocycles. The number of benzene rings is 1. The van der Waals surface area contributed by atoms with Gasteiger partial charge in [-0.1, -0.05) is 41.4 Å². The van der Waals surface area contributed by atoms with Gasteiger partial charge in [0.2, 0.25) is 0 Å². The molecule has 152 valence electrons. The molecule has 6 heteroatoms. The Morgan fingerprint density at radius 1 is 1.33 bits per heavy atom. The summed E-state index contributed by atoms with van der Waals surface area (Å²) in [5, 5.41) is 6.85. The Bertz CT molecular complexity index is 562. The Hall–Kier alpha value is -1.11. The second kappa shape index (κ2) is 13.1. The first-order valence-corrected chi connectivity index (χ1v) is 10.9. The quantitative estimate of drug-likeness (QED) is 0.331. The van der Waals surface area contributed by atoms with Crippen molar-refractivity contribution in [1.29, 1.82) is 0 Å². The van der Waals surface area contributed by atoms with Crippen molar-refractivity contribution in [3.8, 4) is 0 Å². The van der Waals surface area contributed by atoms with Crippen LogP contribution in [0.5, 0.6) is 0 Å². The van der Waals surface area contributed by atoms with Gasteiger partial charge in [-0.2, -0.15) is 0 Å². The Labute approximate surface area is 172 Å². The van der Waals surface area contributed by atoms with Crippen molar-refractivity contribution < 1.29 is 9.47 Å². The van der Waals surface area contributed by atoms with Crippen LogP contribution in [-0.2, 0) is 15.9 Å². The SMILES string of the molecule is CCC(CNC(=NC)NCCCOC1CCOCC1)Cc1cccc(Br)c1. The maximum Gasteiger partial charge on any atom is 0.190 e. The highest BCUT2D eigenvalue weighted by Crippen LogP contribution is 2.16. The van der Waals surface area contributed by atoms with E-state index in [-0.39, 0.29) is 0 Å². The highest BCUT2D eigenvalue weighted by atomic mass is 79.9. The first kappa shape index (κ1) is 22.2. The molecule has 0 aromatic heterocycles. The summed E-state index contributed by atoms with van der Waals surface area (Å²) in [6, 6.07) is 8.57. The molecule has 2 N–H and O–H groups in total. The van der Waals surface area contributed by atoms with E-state index in [1.54, 1.807) is 0 Å². The monoisotopic (exact) mass is 439 g/mol. The number of halogens is 1. The first-order valence-electron chi connectivity index (χ1n) is 10.1. The van der Waals surface area contributed by atoms with Gasteiger partial charge in [0.25, 0.3) is 0 Å². The third kappa shape index (κ3) is 9.08. The molecule has 27 heavy (non-hydrogen) atoms. The van der Waals surface area contributed by atoms with Crippen LogP contribution in [0.1, 0.15) is 38.2 Å². The van der Waals surface area contributed by atoms with Gasteiger partial charge in [0, 0.05) is 44.4 Å². The Kier molecular flexibility index (Phi) is 10.8. The zero-order valence-corrected chi connectivity index (χ0v) is 18.3. The van der Waals surface area contributed by atoms with Crippen LogP contribution in [0, 0.1) is 5.92 Å². The molecule has 0 amide bonds. The third-order valence-electron chi connectivity index (χ3n) is 4.91. The number of guanidine groups is 1.